The van der Waals surface area contributed by atoms with E-state index in [-0.39, 0.29) is 5.92 Å². The van der Waals surface area contributed by atoms with Crippen molar-refractivity contribution >= 4 is 16.6 Å². The molecule has 0 radical (unpaired) electrons. The Balaban J connectivity index is 1.77. The number of ether oxygens (including phenoxy) is 1. The molecule has 0 saturated heterocycles. The number of nitrogen functional groups attached to an aromatic ring is 1. The van der Waals surface area contributed by atoms with E-state index in [0.717, 1.165) is 52.9 Å². The van der Waals surface area contributed by atoms with Gasteiger partial charge in [0, 0.05) is 10.9 Å². The van der Waals surface area contributed by atoms with Crippen LogP contribution in [0, 0.1) is 0 Å². The van der Waals surface area contributed by atoms with Crippen LogP contribution < -0.4 is 15.0 Å². The largest absolute Gasteiger partial charge is 0.425 e. The average Bonchev–Trinajstić information content (AvgIpc) is 2.78. The molecule has 144 valence electrons. The van der Waals surface area contributed by atoms with Crippen molar-refractivity contribution in [2.24, 2.45) is 0 Å². The van der Waals surface area contributed by atoms with Crippen molar-refractivity contribution < 1.29 is 9.30 Å². The standard InChI is InChI=1S/C25H23N3O/c1-2-3-15-28-16-27-25-22(24(28)26)21(18-10-5-4-6-11-18)20-14-13-17-9-7-8-12-19(17)23(20)29-25/h4-14,16,21,26H,2-3,15H2,1H3/p+1/t21-/m0/s1. The minimum atomic E-state index is -0.0128. The molecule has 0 bridgehead atoms. The normalized spacial score (nSPS) is 14.9. The number of nitrogens with zero attached hydrogens (tertiary/aromatic N) is 2. The SMILES string of the molecule is CCCC[n+]1cnc2c(c1N)[C@@H](c1ccccc1)c1ccc3ccccc3c1O2. The maximum Gasteiger partial charge on any atom is 0.306 e. The zero-order chi connectivity index (χ0) is 19.8. The van der Waals surface area contributed by atoms with E-state index in [2.05, 4.69) is 60.4 Å². The predicted octanol–water partition coefficient (Wildman–Crippen LogP) is 5.19. The lowest BCUT2D eigenvalue weighted by molar-refractivity contribution is -0.686. The van der Waals surface area contributed by atoms with Crippen LogP contribution in [-0.2, 0) is 6.54 Å². The predicted molar refractivity (Wildman–Crippen MR) is 115 cm³/mol. The summed E-state index contributed by atoms with van der Waals surface area (Å²) in [5, 5.41) is 2.25. The van der Waals surface area contributed by atoms with E-state index in [1.807, 2.05) is 29.1 Å². The summed E-state index contributed by atoms with van der Waals surface area (Å²) in [5.74, 6) is 2.20. The Morgan fingerprint density at radius 1 is 1.00 bits per heavy atom. The third-order valence-corrected chi connectivity index (χ3v) is 5.72. The van der Waals surface area contributed by atoms with Gasteiger partial charge in [-0.3, -0.25) is 0 Å². The molecule has 29 heavy (non-hydrogen) atoms. The van der Waals surface area contributed by atoms with Gasteiger partial charge in [0.05, 0.1) is 12.5 Å². The highest BCUT2D eigenvalue weighted by atomic mass is 16.5. The molecule has 4 aromatic rings. The zero-order valence-corrected chi connectivity index (χ0v) is 16.5. The summed E-state index contributed by atoms with van der Waals surface area (Å²) in [7, 11) is 0. The fourth-order valence-electron chi connectivity index (χ4n) is 4.22. The van der Waals surface area contributed by atoms with E-state index in [4.69, 9.17) is 10.5 Å². The Morgan fingerprint density at radius 3 is 2.62 bits per heavy atom. The van der Waals surface area contributed by atoms with Gasteiger partial charge < -0.3 is 10.5 Å². The number of hydrogen-bond donors (Lipinski definition) is 1. The number of rotatable bonds is 4. The minimum absolute atomic E-state index is 0.0128. The lowest BCUT2D eigenvalue weighted by atomic mass is 9.82. The fraction of sp³-hybridized carbons (Fsp3) is 0.200. The van der Waals surface area contributed by atoms with Crippen molar-refractivity contribution in [2.45, 2.75) is 32.2 Å². The van der Waals surface area contributed by atoms with Crippen LogP contribution in [0.2, 0.25) is 0 Å². The molecule has 5 rings (SSSR count). The van der Waals surface area contributed by atoms with Gasteiger partial charge in [0.25, 0.3) is 0 Å². The number of fused-ring (bicyclic) bond motifs is 4. The Morgan fingerprint density at radius 2 is 1.79 bits per heavy atom. The van der Waals surface area contributed by atoms with Crippen molar-refractivity contribution in [3.63, 3.8) is 0 Å². The van der Waals surface area contributed by atoms with Gasteiger partial charge in [-0.1, -0.05) is 85.1 Å². The minimum Gasteiger partial charge on any atom is -0.425 e. The summed E-state index contributed by atoms with van der Waals surface area (Å²) < 4.78 is 8.43. The van der Waals surface area contributed by atoms with Crippen LogP contribution in [0.25, 0.3) is 10.8 Å². The lowest BCUT2D eigenvalue weighted by Gasteiger charge is -2.28. The van der Waals surface area contributed by atoms with Crippen LogP contribution in [0.3, 0.4) is 0 Å². The first-order chi connectivity index (χ1) is 14.3. The second kappa shape index (κ2) is 7.21. The Labute approximate surface area is 170 Å². The van der Waals surface area contributed by atoms with E-state index in [0.29, 0.717) is 5.88 Å². The van der Waals surface area contributed by atoms with Gasteiger partial charge in [-0.2, -0.15) is 0 Å². The molecule has 1 aromatic heterocycles. The van der Waals surface area contributed by atoms with Crippen molar-refractivity contribution in [1.29, 1.82) is 0 Å². The number of aryl methyl sites for hydroxylation is 1. The van der Waals surface area contributed by atoms with Crippen molar-refractivity contribution in [1.82, 2.24) is 4.98 Å². The van der Waals surface area contributed by atoms with Crippen molar-refractivity contribution in [3.8, 4) is 11.6 Å². The van der Waals surface area contributed by atoms with E-state index in [1.165, 1.54) is 5.56 Å². The van der Waals surface area contributed by atoms with Crippen LogP contribution in [0.15, 0.2) is 73.1 Å². The van der Waals surface area contributed by atoms with E-state index in [9.17, 15) is 0 Å². The third kappa shape index (κ3) is 2.92. The molecular weight excluding hydrogens is 358 g/mol. The Hall–Kier alpha value is -3.40. The summed E-state index contributed by atoms with van der Waals surface area (Å²) in [6.45, 7) is 3.04. The molecule has 1 aliphatic rings. The molecule has 2 N–H and O–H groups in total. The zero-order valence-electron chi connectivity index (χ0n) is 16.5. The number of unbranched alkanes of at least 4 members (excludes halogenated alkanes) is 1. The smallest absolute Gasteiger partial charge is 0.306 e. The summed E-state index contributed by atoms with van der Waals surface area (Å²) in [6.07, 6.45) is 3.98. The summed E-state index contributed by atoms with van der Waals surface area (Å²) in [6, 6.07) is 23.1. The monoisotopic (exact) mass is 382 g/mol. The van der Waals surface area contributed by atoms with Crippen molar-refractivity contribution in [2.75, 3.05) is 5.73 Å². The maximum atomic E-state index is 6.69. The molecule has 4 nitrogen and oxygen atoms in total. The maximum absolute atomic E-state index is 6.69. The quantitative estimate of drug-likeness (QED) is 0.435. The Kier molecular flexibility index (Phi) is 4.39. The summed E-state index contributed by atoms with van der Waals surface area (Å²) in [4.78, 5) is 4.68. The van der Waals surface area contributed by atoms with E-state index >= 15 is 0 Å². The van der Waals surface area contributed by atoms with Gasteiger partial charge in [0.1, 0.15) is 11.3 Å². The lowest BCUT2D eigenvalue weighted by Crippen LogP contribution is -2.39. The highest BCUT2D eigenvalue weighted by Gasteiger charge is 2.36. The fourth-order valence-corrected chi connectivity index (χ4v) is 4.22. The van der Waals surface area contributed by atoms with Gasteiger partial charge in [-0.25, -0.2) is 4.57 Å². The molecule has 3 aromatic carbocycles. The van der Waals surface area contributed by atoms with Crippen LogP contribution in [-0.4, -0.2) is 4.98 Å². The molecule has 0 amide bonds. The number of nitrogens with two attached hydrogens (primary N) is 1. The van der Waals surface area contributed by atoms with Crippen LogP contribution >= 0.6 is 0 Å². The molecular formula is C25H24N3O+. The second-order valence-electron chi connectivity index (χ2n) is 7.55. The van der Waals surface area contributed by atoms with Gasteiger partial charge in [0.2, 0.25) is 12.1 Å². The first-order valence-electron chi connectivity index (χ1n) is 10.2. The van der Waals surface area contributed by atoms with Gasteiger partial charge in [-0.15, -0.1) is 0 Å². The van der Waals surface area contributed by atoms with Crippen LogP contribution in [0.1, 0.15) is 42.4 Å². The molecule has 1 atom stereocenters. The number of hydrogen-bond acceptors (Lipinski definition) is 3. The van der Waals surface area contributed by atoms with E-state index in [1.54, 1.807) is 0 Å². The summed E-state index contributed by atoms with van der Waals surface area (Å²) in [5.41, 5.74) is 9.96. The van der Waals surface area contributed by atoms with Gasteiger partial charge in [0.15, 0.2) is 0 Å². The first-order valence-corrected chi connectivity index (χ1v) is 10.2. The van der Waals surface area contributed by atoms with E-state index < -0.39 is 0 Å². The number of anilines is 1. The molecule has 0 unspecified atom stereocenters. The van der Waals surface area contributed by atoms with Crippen LogP contribution in [0.4, 0.5) is 5.82 Å². The van der Waals surface area contributed by atoms with Crippen molar-refractivity contribution in [3.05, 3.63) is 89.7 Å². The molecule has 1 aliphatic heterocycles. The Bertz CT molecular complexity index is 1190. The highest BCUT2D eigenvalue weighted by Crippen LogP contribution is 2.50. The third-order valence-electron chi connectivity index (χ3n) is 5.72. The second-order valence-corrected chi connectivity index (χ2v) is 7.55. The molecule has 2 heterocycles. The van der Waals surface area contributed by atoms with Gasteiger partial charge in [-0.05, 0) is 17.4 Å². The van der Waals surface area contributed by atoms with Crippen LogP contribution in [0.5, 0.6) is 11.6 Å². The molecule has 0 spiro atoms. The molecule has 0 aliphatic carbocycles. The summed E-state index contributed by atoms with van der Waals surface area (Å²) >= 11 is 0. The number of benzene rings is 3. The first kappa shape index (κ1) is 17.7. The number of aromatic nitrogens is 2. The molecule has 0 fully saturated rings. The average molecular weight is 382 g/mol. The highest BCUT2D eigenvalue weighted by molar-refractivity contribution is 5.91. The topological polar surface area (TPSA) is 52.0 Å². The van der Waals surface area contributed by atoms with Gasteiger partial charge >= 0.3 is 5.88 Å². The molecule has 4 heteroatoms. The molecule has 0 saturated carbocycles.